The average Bonchev–Trinajstić information content (AvgIpc) is 2.89. The first-order valence-electron chi connectivity index (χ1n) is 7.72. The maximum absolute atomic E-state index is 14.0. The minimum atomic E-state index is -3.90. The van der Waals surface area contributed by atoms with Gasteiger partial charge in [0.15, 0.2) is 0 Å². The Hall–Kier alpha value is -2.29. The van der Waals surface area contributed by atoms with E-state index < -0.39 is 15.9 Å². The maximum atomic E-state index is 14.0. The Morgan fingerprint density at radius 3 is 2.46 bits per heavy atom. The van der Waals surface area contributed by atoms with E-state index in [2.05, 4.69) is 5.32 Å². The molecule has 0 fully saturated rings. The van der Waals surface area contributed by atoms with Crippen LogP contribution < -0.4 is 10.5 Å². The lowest BCUT2D eigenvalue weighted by Crippen LogP contribution is -2.16. The average molecular weight is 392 g/mol. The summed E-state index contributed by atoms with van der Waals surface area (Å²) in [5.41, 5.74) is 2.33. The lowest BCUT2D eigenvalue weighted by atomic mass is 10.1. The van der Waals surface area contributed by atoms with Crippen molar-refractivity contribution in [2.45, 2.75) is 25.7 Å². The third kappa shape index (κ3) is 3.23. The van der Waals surface area contributed by atoms with Crippen LogP contribution >= 0.6 is 11.3 Å². The van der Waals surface area contributed by atoms with Crippen LogP contribution in [0.3, 0.4) is 0 Å². The normalized spacial score (nSPS) is 11.7. The fourth-order valence-corrected chi connectivity index (χ4v) is 4.51. The number of hydrogen-bond acceptors (Lipinski definition) is 4. The molecule has 0 aliphatic carbocycles. The molecule has 3 aromatic rings. The highest BCUT2D eigenvalue weighted by Gasteiger charge is 2.20. The van der Waals surface area contributed by atoms with Gasteiger partial charge >= 0.3 is 0 Å². The van der Waals surface area contributed by atoms with Gasteiger partial charge in [0.1, 0.15) is 5.82 Å². The molecule has 0 radical (unpaired) electrons. The molecule has 3 rings (SSSR count). The van der Waals surface area contributed by atoms with E-state index in [0.717, 1.165) is 5.56 Å². The topological polar surface area (TPSA) is 89.3 Å². The van der Waals surface area contributed by atoms with Crippen molar-refractivity contribution in [2.24, 2.45) is 5.14 Å². The van der Waals surface area contributed by atoms with Crippen LogP contribution in [0.1, 0.15) is 26.4 Å². The SMILES string of the molecule is Cc1cc(S(N)(=O)=O)cc(NC(=O)c2sc3cccc(F)c3c2C)c1C. The monoisotopic (exact) mass is 392 g/mol. The summed E-state index contributed by atoms with van der Waals surface area (Å²) in [7, 11) is -3.90. The summed E-state index contributed by atoms with van der Waals surface area (Å²) in [5.74, 6) is -0.796. The Morgan fingerprint density at radius 2 is 1.85 bits per heavy atom. The molecule has 0 atom stereocenters. The summed E-state index contributed by atoms with van der Waals surface area (Å²) in [6.07, 6.45) is 0. The number of carbonyl (C=O) groups is 1. The van der Waals surface area contributed by atoms with Crippen molar-refractivity contribution in [3.63, 3.8) is 0 Å². The number of aryl methyl sites for hydroxylation is 2. The summed E-state index contributed by atoms with van der Waals surface area (Å²) < 4.78 is 38.0. The van der Waals surface area contributed by atoms with Gasteiger partial charge in [-0.15, -0.1) is 11.3 Å². The third-order valence-electron chi connectivity index (χ3n) is 4.33. The summed E-state index contributed by atoms with van der Waals surface area (Å²) in [6.45, 7) is 5.20. The van der Waals surface area contributed by atoms with Crippen molar-refractivity contribution < 1.29 is 17.6 Å². The molecular formula is C18H17FN2O3S2. The second kappa shape index (κ2) is 6.46. The van der Waals surface area contributed by atoms with Crippen LogP contribution in [0.4, 0.5) is 10.1 Å². The minimum absolute atomic E-state index is 0.0741. The zero-order valence-electron chi connectivity index (χ0n) is 14.4. The van der Waals surface area contributed by atoms with E-state index >= 15 is 0 Å². The molecule has 0 aliphatic rings. The van der Waals surface area contributed by atoms with Gasteiger partial charge in [-0.3, -0.25) is 4.79 Å². The van der Waals surface area contributed by atoms with Crippen molar-refractivity contribution in [3.05, 3.63) is 57.7 Å². The Balaban J connectivity index is 2.05. The van der Waals surface area contributed by atoms with Gasteiger partial charge in [0.2, 0.25) is 10.0 Å². The Kier molecular flexibility index (Phi) is 4.60. The molecule has 26 heavy (non-hydrogen) atoms. The van der Waals surface area contributed by atoms with E-state index in [1.54, 1.807) is 32.9 Å². The highest BCUT2D eigenvalue weighted by atomic mass is 32.2. The largest absolute Gasteiger partial charge is 0.321 e. The summed E-state index contributed by atoms with van der Waals surface area (Å²) in [4.78, 5) is 13.0. The number of rotatable bonds is 3. The van der Waals surface area contributed by atoms with Crippen LogP contribution in [0.25, 0.3) is 10.1 Å². The Bertz CT molecular complexity index is 1150. The number of thiophene rings is 1. The number of nitrogens with one attached hydrogen (secondary N) is 1. The molecule has 0 aliphatic heterocycles. The first-order valence-corrected chi connectivity index (χ1v) is 10.1. The number of halogens is 1. The lowest BCUT2D eigenvalue weighted by Gasteiger charge is -2.12. The van der Waals surface area contributed by atoms with Crippen LogP contribution in [0.2, 0.25) is 0 Å². The van der Waals surface area contributed by atoms with E-state index in [4.69, 9.17) is 5.14 Å². The van der Waals surface area contributed by atoms with Crippen molar-refractivity contribution in [2.75, 3.05) is 5.32 Å². The number of primary sulfonamides is 1. The third-order valence-corrected chi connectivity index (χ3v) is 6.48. The maximum Gasteiger partial charge on any atom is 0.266 e. The van der Waals surface area contributed by atoms with Crippen LogP contribution in [-0.2, 0) is 10.0 Å². The predicted octanol–water partition coefficient (Wildman–Crippen LogP) is 3.87. The number of fused-ring (bicyclic) bond motifs is 1. The molecular weight excluding hydrogens is 375 g/mol. The molecule has 1 amide bonds. The zero-order chi connectivity index (χ0) is 19.2. The number of amides is 1. The highest BCUT2D eigenvalue weighted by molar-refractivity contribution is 7.89. The fraction of sp³-hybridized carbons (Fsp3) is 0.167. The standard InChI is InChI=1S/C18H17FN2O3S2/c1-9-7-12(26(20,23)24)8-14(10(9)2)21-18(22)17-11(3)16-13(19)5-4-6-15(16)25-17/h4-8H,1-3H3,(H,21,22)(H2,20,23,24). The molecule has 1 heterocycles. The first-order chi connectivity index (χ1) is 12.1. The van der Waals surface area contributed by atoms with Crippen LogP contribution in [0.5, 0.6) is 0 Å². The highest BCUT2D eigenvalue weighted by Crippen LogP contribution is 2.33. The molecule has 0 saturated carbocycles. The first kappa shape index (κ1) is 18.5. The van der Waals surface area contributed by atoms with Gasteiger partial charge < -0.3 is 5.32 Å². The van der Waals surface area contributed by atoms with Gasteiger partial charge in [0, 0.05) is 15.8 Å². The van der Waals surface area contributed by atoms with E-state index in [0.29, 0.717) is 31.8 Å². The Morgan fingerprint density at radius 1 is 1.15 bits per heavy atom. The van der Waals surface area contributed by atoms with Crippen molar-refractivity contribution in [3.8, 4) is 0 Å². The molecule has 0 bridgehead atoms. The Labute approximate surface area is 154 Å². The molecule has 8 heteroatoms. The van der Waals surface area contributed by atoms with Gasteiger partial charge in [0.25, 0.3) is 5.91 Å². The molecule has 0 unspecified atom stereocenters. The molecule has 0 saturated heterocycles. The summed E-state index contributed by atoms with van der Waals surface area (Å²) in [6, 6.07) is 7.49. The van der Waals surface area contributed by atoms with Gasteiger partial charge in [0.05, 0.1) is 9.77 Å². The molecule has 5 nitrogen and oxygen atoms in total. The lowest BCUT2D eigenvalue weighted by molar-refractivity contribution is 0.103. The second-order valence-electron chi connectivity index (χ2n) is 6.08. The van der Waals surface area contributed by atoms with Crippen LogP contribution in [-0.4, -0.2) is 14.3 Å². The van der Waals surface area contributed by atoms with Crippen molar-refractivity contribution in [1.29, 1.82) is 0 Å². The second-order valence-corrected chi connectivity index (χ2v) is 8.69. The van der Waals surface area contributed by atoms with Crippen LogP contribution in [0, 0.1) is 26.6 Å². The molecule has 3 N–H and O–H groups in total. The quantitative estimate of drug-likeness (QED) is 0.709. The van der Waals surface area contributed by atoms with E-state index in [1.165, 1.54) is 29.5 Å². The number of anilines is 1. The van der Waals surface area contributed by atoms with Gasteiger partial charge in [-0.25, -0.2) is 17.9 Å². The van der Waals surface area contributed by atoms with E-state index in [-0.39, 0.29) is 10.7 Å². The van der Waals surface area contributed by atoms with E-state index in [1.807, 2.05) is 0 Å². The number of nitrogens with two attached hydrogens (primary N) is 1. The number of sulfonamides is 1. The number of carbonyl (C=O) groups excluding carboxylic acids is 1. The van der Waals surface area contributed by atoms with Crippen LogP contribution in [0.15, 0.2) is 35.2 Å². The number of benzene rings is 2. The van der Waals surface area contributed by atoms with Crippen molar-refractivity contribution in [1.82, 2.24) is 0 Å². The fourth-order valence-electron chi connectivity index (χ4n) is 2.77. The van der Waals surface area contributed by atoms with Gasteiger partial charge in [-0.1, -0.05) is 6.07 Å². The number of hydrogen-bond donors (Lipinski definition) is 2. The zero-order valence-corrected chi connectivity index (χ0v) is 16.0. The van der Waals surface area contributed by atoms with Crippen molar-refractivity contribution >= 4 is 43.0 Å². The predicted molar refractivity (Wildman–Crippen MR) is 102 cm³/mol. The van der Waals surface area contributed by atoms with E-state index in [9.17, 15) is 17.6 Å². The summed E-state index contributed by atoms with van der Waals surface area (Å²) >= 11 is 1.19. The van der Waals surface area contributed by atoms with Gasteiger partial charge in [-0.05, 0) is 61.7 Å². The molecule has 2 aromatic carbocycles. The van der Waals surface area contributed by atoms with Gasteiger partial charge in [-0.2, -0.15) is 0 Å². The summed E-state index contributed by atoms with van der Waals surface area (Å²) in [5, 5.41) is 8.35. The molecule has 0 spiro atoms. The molecule has 136 valence electrons. The molecule has 1 aromatic heterocycles. The minimum Gasteiger partial charge on any atom is -0.321 e. The smallest absolute Gasteiger partial charge is 0.266 e.